The number of carbonyl (C=O) groups excluding carboxylic acids is 3. The minimum absolute atomic E-state index is 0.0969. The summed E-state index contributed by atoms with van der Waals surface area (Å²) in [5, 5.41) is 15.1. The summed E-state index contributed by atoms with van der Waals surface area (Å²) in [5.74, 6) is -3.65. The van der Waals surface area contributed by atoms with Crippen LogP contribution >= 0.6 is 0 Å². The van der Waals surface area contributed by atoms with Crippen LogP contribution in [0.4, 0.5) is 8.78 Å². The first-order valence-electron chi connectivity index (χ1n) is 21.7. The molecular formula is C46H58F2N6O5. The Balaban J connectivity index is 0.970. The van der Waals surface area contributed by atoms with Crippen molar-refractivity contribution in [3.8, 4) is 0 Å². The largest absolute Gasteiger partial charge is 0.381 e. The van der Waals surface area contributed by atoms with Crippen LogP contribution < -0.4 is 5.32 Å². The Kier molecular flexibility index (Phi) is 12.8. The molecule has 3 atom stereocenters. The Labute approximate surface area is 346 Å². The van der Waals surface area contributed by atoms with Crippen LogP contribution in [0.25, 0.3) is 0 Å². The number of alkyl halides is 2. The second-order valence-corrected chi connectivity index (χ2v) is 17.4. The van der Waals surface area contributed by atoms with Crippen LogP contribution in [0.5, 0.6) is 0 Å². The van der Waals surface area contributed by atoms with Crippen LogP contribution in [-0.2, 0) is 21.7 Å². The summed E-state index contributed by atoms with van der Waals surface area (Å²) in [7, 11) is 0. The molecule has 8 rings (SSSR count). The fourth-order valence-electron chi connectivity index (χ4n) is 9.83. The van der Waals surface area contributed by atoms with Crippen molar-refractivity contribution in [3.63, 3.8) is 0 Å². The number of pyridine rings is 1. The maximum atomic E-state index is 14.0. The molecule has 1 aromatic heterocycles. The molecule has 13 heteroatoms. The number of benzene rings is 2. The van der Waals surface area contributed by atoms with Crippen LogP contribution in [0.2, 0.25) is 0 Å². The van der Waals surface area contributed by atoms with E-state index >= 15 is 0 Å². The summed E-state index contributed by atoms with van der Waals surface area (Å²) in [6, 6.07) is 20.7. The van der Waals surface area contributed by atoms with Gasteiger partial charge in [0.25, 0.3) is 11.8 Å². The summed E-state index contributed by atoms with van der Waals surface area (Å²) in [6.45, 7) is 7.35. The van der Waals surface area contributed by atoms with Crippen LogP contribution in [0.3, 0.4) is 0 Å². The van der Waals surface area contributed by atoms with Gasteiger partial charge in [-0.15, -0.1) is 0 Å². The minimum atomic E-state index is -2.74. The number of aryl methyl sites for hydroxylation is 1. The lowest BCUT2D eigenvalue weighted by Gasteiger charge is -2.47. The van der Waals surface area contributed by atoms with Gasteiger partial charge in [0, 0.05) is 94.7 Å². The smallest absolute Gasteiger partial charge is 0.261 e. The zero-order valence-corrected chi connectivity index (χ0v) is 34.0. The second-order valence-electron chi connectivity index (χ2n) is 17.4. The highest BCUT2D eigenvalue weighted by molar-refractivity contribution is 6.21. The number of amides is 3. The Bertz CT molecular complexity index is 1900. The molecule has 0 bridgehead atoms. The van der Waals surface area contributed by atoms with Gasteiger partial charge in [-0.2, -0.15) is 0 Å². The highest BCUT2D eigenvalue weighted by Gasteiger charge is 2.41. The van der Waals surface area contributed by atoms with Crippen molar-refractivity contribution in [2.24, 2.45) is 11.8 Å². The molecule has 2 saturated heterocycles. The van der Waals surface area contributed by atoms with E-state index in [9.17, 15) is 28.3 Å². The van der Waals surface area contributed by atoms with Gasteiger partial charge in [0.15, 0.2) is 5.72 Å². The van der Waals surface area contributed by atoms with E-state index < -0.39 is 17.6 Å². The summed E-state index contributed by atoms with van der Waals surface area (Å²) < 4.78 is 33.5. The molecule has 3 fully saturated rings. The van der Waals surface area contributed by atoms with E-state index in [1.165, 1.54) is 10.5 Å². The van der Waals surface area contributed by atoms with E-state index in [0.717, 1.165) is 83.9 Å². The van der Waals surface area contributed by atoms with Gasteiger partial charge in [-0.05, 0) is 75.3 Å². The molecule has 316 valence electrons. The average Bonchev–Trinajstić information content (AvgIpc) is 3.47. The monoisotopic (exact) mass is 812 g/mol. The number of nitrogens with one attached hydrogen (secondary N) is 1. The molecule has 3 amide bonds. The molecule has 1 saturated carbocycles. The van der Waals surface area contributed by atoms with E-state index in [1.54, 1.807) is 36.4 Å². The standard InChI is InChI=1S/C46H58F2N6O5/c47-45(48)19-17-35(18-20-45)42(55)50-46(58,36-12-2-1-3-13-36)21-25-51-26-27-52(28-33-31-59-32-33)37(29-51)30-53(40-16-8-10-34-11-9-22-49-41(34)40)23-6-7-24-54-43(56)38-14-4-5-15-39(38)44(54)57/h1-5,9,11-15,22,33,35,37,40,58H,6-8,10,16-21,23-32H2,(H,50,55)/t37-,40+,46?/m1/s1. The lowest BCUT2D eigenvalue weighted by Crippen LogP contribution is -2.60. The van der Waals surface area contributed by atoms with Gasteiger partial charge >= 0.3 is 0 Å². The number of halogens is 2. The summed E-state index contributed by atoms with van der Waals surface area (Å²) in [4.78, 5) is 53.6. The first kappa shape index (κ1) is 41.6. The second kappa shape index (κ2) is 18.2. The molecule has 11 nitrogen and oxygen atoms in total. The number of fused-ring (bicyclic) bond motifs is 2. The number of imide groups is 1. The van der Waals surface area contributed by atoms with Crippen molar-refractivity contribution in [1.29, 1.82) is 0 Å². The number of aliphatic hydroxyl groups is 1. The lowest BCUT2D eigenvalue weighted by molar-refractivity contribution is -0.138. The molecule has 3 aliphatic heterocycles. The SMILES string of the molecule is O=C(NC(O)(CCN1CCN(CC2COC2)[C@@H](CN(CCCCN2C(=O)c3ccccc3C2=O)[C@H]2CCCc3cccnc32)C1)c1ccccc1)C1CCC(F)(F)CC1. The number of hydrogen-bond donors (Lipinski definition) is 2. The molecule has 0 spiro atoms. The van der Waals surface area contributed by atoms with Crippen molar-refractivity contribution in [1.82, 2.24) is 29.9 Å². The first-order valence-corrected chi connectivity index (χ1v) is 21.7. The highest BCUT2D eigenvalue weighted by atomic mass is 19.3. The fourth-order valence-corrected chi connectivity index (χ4v) is 9.83. The number of aromatic nitrogens is 1. The molecule has 4 heterocycles. The van der Waals surface area contributed by atoms with Gasteiger partial charge in [-0.1, -0.05) is 48.5 Å². The van der Waals surface area contributed by atoms with Crippen molar-refractivity contribution in [3.05, 3.63) is 101 Å². The molecule has 3 aromatic rings. The zero-order chi connectivity index (χ0) is 41.0. The number of hydrogen-bond acceptors (Lipinski definition) is 9. The van der Waals surface area contributed by atoms with Crippen molar-refractivity contribution < 1.29 is 33.0 Å². The van der Waals surface area contributed by atoms with Gasteiger partial charge < -0.3 is 20.1 Å². The summed E-state index contributed by atoms with van der Waals surface area (Å²) in [6.07, 6.45) is 6.26. The van der Waals surface area contributed by atoms with Crippen LogP contribution in [0, 0.1) is 11.8 Å². The molecular weight excluding hydrogens is 755 g/mol. The van der Waals surface area contributed by atoms with Gasteiger partial charge in [-0.3, -0.25) is 34.1 Å². The molecule has 2 N–H and O–H groups in total. The number of rotatable bonds is 16. The topological polar surface area (TPSA) is 119 Å². The summed E-state index contributed by atoms with van der Waals surface area (Å²) >= 11 is 0. The van der Waals surface area contributed by atoms with E-state index in [4.69, 9.17) is 9.72 Å². The Morgan fingerprint density at radius 2 is 1.66 bits per heavy atom. The third-order valence-corrected chi connectivity index (χ3v) is 13.4. The summed E-state index contributed by atoms with van der Waals surface area (Å²) in [5.41, 5.74) is 2.30. The third kappa shape index (κ3) is 9.60. The third-order valence-electron chi connectivity index (χ3n) is 13.4. The van der Waals surface area contributed by atoms with E-state index in [-0.39, 0.29) is 61.9 Å². The fraction of sp³-hybridized carbons (Fsp3) is 0.565. The maximum absolute atomic E-state index is 14.0. The Morgan fingerprint density at radius 3 is 2.37 bits per heavy atom. The average molecular weight is 813 g/mol. The molecule has 59 heavy (non-hydrogen) atoms. The van der Waals surface area contributed by atoms with Gasteiger partial charge in [0.2, 0.25) is 11.8 Å². The lowest BCUT2D eigenvalue weighted by atomic mass is 9.85. The quantitative estimate of drug-likeness (QED) is 0.108. The van der Waals surface area contributed by atoms with Crippen LogP contribution in [0.1, 0.15) is 101 Å². The van der Waals surface area contributed by atoms with Gasteiger partial charge in [0.05, 0.1) is 36.1 Å². The van der Waals surface area contributed by atoms with Crippen LogP contribution in [-0.4, -0.2) is 125 Å². The van der Waals surface area contributed by atoms with E-state index in [0.29, 0.717) is 42.1 Å². The zero-order valence-electron chi connectivity index (χ0n) is 34.0. The van der Waals surface area contributed by atoms with Crippen molar-refractivity contribution in [2.45, 2.75) is 87.9 Å². The maximum Gasteiger partial charge on any atom is 0.261 e. The van der Waals surface area contributed by atoms with Crippen molar-refractivity contribution >= 4 is 17.7 Å². The molecule has 2 aromatic carbocycles. The molecule has 5 aliphatic rings. The van der Waals surface area contributed by atoms with Crippen LogP contribution in [0.15, 0.2) is 72.9 Å². The van der Waals surface area contributed by atoms with Gasteiger partial charge in [-0.25, -0.2) is 8.78 Å². The Hall–Kier alpha value is -4.14. The predicted octanol–water partition coefficient (Wildman–Crippen LogP) is 5.65. The minimum Gasteiger partial charge on any atom is -0.381 e. The first-order chi connectivity index (χ1) is 28.6. The number of unbranched alkanes of at least 4 members (excludes halogenated alkanes) is 1. The van der Waals surface area contributed by atoms with Crippen molar-refractivity contribution in [2.75, 3.05) is 65.6 Å². The van der Waals surface area contributed by atoms with E-state index in [2.05, 4.69) is 26.1 Å². The predicted molar refractivity (Wildman–Crippen MR) is 219 cm³/mol. The molecule has 0 radical (unpaired) electrons. The van der Waals surface area contributed by atoms with E-state index in [1.807, 2.05) is 30.5 Å². The van der Waals surface area contributed by atoms with Gasteiger partial charge in [0.1, 0.15) is 0 Å². The number of piperazine rings is 1. The molecule has 1 unspecified atom stereocenters. The highest BCUT2D eigenvalue weighted by Crippen LogP contribution is 2.38. The normalized spacial score (nSPS) is 23.8. The Morgan fingerprint density at radius 1 is 0.932 bits per heavy atom. The number of nitrogens with zero attached hydrogens (tertiary/aromatic N) is 5. The number of carbonyl (C=O) groups is 3. The number of ether oxygens (including phenoxy) is 1. The molecule has 2 aliphatic carbocycles.